The molecular weight excluding hydrogens is 216 g/mol. The molecule has 1 heterocycles. The Hall–Kier alpha value is -0.570. The van der Waals surface area contributed by atoms with Crippen LogP contribution < -0.4 is 5.32 Å². The highest BCUT2D eigenvalue weighted by Gasteiger charge is 1.95. The van der Waals surface area contributed by atoms with Gasteiger partial charge in [-0.25, -0.2) is 4.98 Å². The molecule has 0 saturated carbocycles. The summed E-state index contributed by atoms with van der Waals surface area (Å²) in [6.45, 7) is 5.30. The summed E-state index contributed by atoms with van der Waals surface area (Å²) in [6.07, 6.45) is 1.78. The van der Waals surface area contributed by atoms with Crippen LogP contribution in [0.1, 0.15) is 13.8 Å². The first-order chi connectivity index (χ1) is 5.68. The Morgan fingerprint density at radius 3 is 2.92 bits per heavy atom. The van der Waals surface area contributed by atoms with Gasteiger partial charge in [0.25, 0.3) is 0 Å². The summed E-state index contributed by atoms with van der Waals surface area (Å²) in [4.78, 5) is 4.17. The third-order valence-electron chi connectivity index (χ3n) is 1.41. The lowest BCUT2D eigenvalue weighted by atomic mass is 10.2. The molecule has 12 heavy (non-hydrogen) atoms. The van der Waals surface area contributed by atoms with E-state index in [1.165, 1.54) is 0 Å². The Kier molecular flexibility index (Phi) is 3.53. The number of hydrogen-bond acceptors (Lipinski definition) is 2. The molecule has 0 aromatic carbocycles. The molecule has 66 valence electrons. The quantitative estimate of drug-likeness (QED) is 0.861. The molecule has 0 aliphatic carbocycles. The van der Waals surface area contributed by atoms with Crippen LogP contribution in [0.4, 0.5) is 5.82 Å². The van der Waals surface area contributed by atoms with Crippen LogP contribution in [-0.4, -0.2) is 11.5 Å². The molecule has 0 fully saturated rings. The minimum absolute atomic E-state index is 0.644. The molecule has 1 N–H and O–H groups in total. The van der Waals surface area contributed by atoms with Crippen molar-refractivity contribution in [2.24, 2.45) is 5.92 Å². The third-order valence-corrected chi connectivity index (χ3v) is 1.91. The van der Waals surface area contributed by atoms with Gasteiger partial charge in [0, 0.05) is 17.2 Å². The Labute approximate surface area is 81.5 Å². The first kappa shape index (κ1) is 9.52. The molecule has 0 aliphatic heterocycles. The predicted molar refractivity (Wildman–Crippen MR) is 55.3 cm³/mol. The number of hydrogen-bond donors (Lipinski definition) is 1. The molecule has 2 nitrogen and oxygen atoms in total. The molecule has 0 aliphatic rings. The summed E-state index contributed by atoms with van der Waals surface area (Å²) in [5, 5.41) is 3.24. The lowest BCUT2D eigenvalue weighted by molar-refractivity contribution is 0.687. The molecule has 0 saturated heterocycles. The second-order valence-corrected chi connectivity index (χ2v) is 4.05. The van der Waals surface area contributed by atoms with Crippen molar-refractivity contribution in [2.45, 2.75) is 13.8 Å². The summed E-state index contributed by atoms with van der Waals surface area (Å²) in [6, 6.07) is 3.89. The van der Waals surface area contributed by atoms with E-state index in [1.54, 1.807) is 6.20 Å². The first-order valence-electron chi connectivity index (χ1n) is 4.04. The van der Waals surface area contributed by atoms with Crippen molar-refractivity contribution in [1.82, 2.24) is 4.98 Å². The zero-order valence-corrected chi connectivity index (χ0v) is 8.93. The average molecular weight is 229 g/mol. The van der Waals surface area contributed by atoms with Gasteiger partial charge < -0.3 is 5.32 Å². The Morgan fingerprint density at radius 1 is 1.58 bits per heavy atom. The molecular formula is C9H13BrN2. The zero-order valence-electron chi connectivity index (χ0n) is 7.34. The minimum atomic E-state index is 0.644. The molecule has 3 heteroatoms. The van der Waals surface area contributed by atoms with Crippen molar-refractivity contribution in [1.29, 1.82) is 0 Å². The first-order valence-corrected chi connectivity index (χ1v) is 4.83. The molecule has 0 bridgehead atoms. The molecule has 0 spiro atoms. The number of pyridine rings is 1. The lowest BCUT2D eigenvalue weighted by Crippen LogP contribution is -2.08. The van der Waals surface area contributed by atoms with Gasteiger partial charge in [0.05, 0.1) is 0 Å². The normalized spacial score (nSPS) is 10.3. The van der Waals surface area contributed by atoms with Crippen molar-refractivity contribution < 1.29 is 0 Å². The molecule has 1 aromatic rings. The molecule has 0 radical (unpaired) electrons. The molecule has 0 amide bonds. The van der Waals surface area contributed by atoms with Crippen molar-refractivity contribution in [3.63, 3.8) is 0 Å². The summed E-state index contributed by atoms with van der Waals surface area (Å²) < 4.78 is 1.06. The highest BCUT2D eigenvalue weighted by molar-refractivity contribution is 9.10. The number of halogens is 1. The van der Waals surface area contributed by atoms with E-state index in [0.29, 0.717) is 5.92 Å². The third kappa shape index (κ3) is 3.22. The monoisotopic (exact) mass is 228 g/mol. The second kappa shape index (κ2) is 4.45. The topological polar surface area (TPSA) is 24.9 Å². The van der Waals surface area contributed by atoms with E-state index >= 15 is 0 Å². The van der Waals surface area contributed by atoms with E-state index in [0.717, 1.165) is 16.8 Å². The van der Waals surface area contributed by atoms with Crippen LogP contribution in [0.15, 0.2) is 22.8 Å². The fourth-order valence-corrected chi connectivity index (χ4v) is 1.15. The summed E-state index contributed by atoms with van der Waals surface area (Å²) in [5.74, 6) is 1.57. The zero-order chi connectivity index (χ0) is 8.97. The van der Waals surface area contributed by atoms with Gasteiger partial charge in [-0.2, -0.15) is 0 Å². The van der Waals surface area contributed by atoms with Crippen molar-refractivity contribution >= 4 is 21.7 Å². The van der Waals surface area contributed by atoms with Crippen molar-refractivity contribution in [3.8, 4) is 0 Å². The maximum Gasteiger partial charge on any atom is 0.127 e. The van der Waals surface area contributed by atoms with Gasteiger partial charge in [-0.1, -0.05) is 29.8 Å². The van der Waals surface area contributed by atoms with Crippen LogP contribution in [-0.2, 0) is 0 Å². The summed E-state index contributed by atoms with van der Waals surface area (Å²) in [7, 11) is 0. The van der Waals surface area contributed by atoms with Gasteiger partial charge >= 0.3 is 0 Å². The van der Waals surface area contributed by atoms with E-state index in [-0.39, 0.29) is 0 Å². The molecule has 0 atom stereocenters. The van der Waals surface area contributed by atoms with Crippen LogP contribution in [0, 0.1) is 5.92 Å². The number of anilines is 1. The van der Waals surface area contributed by atoms with Crippen LogP contribution in [0.5, 0.6) is 0 Å². The summed E-state index contributed by atoms with van der Waals surface area (Å²) in [5.41, 5.74) is 0. The Morgan fingerprint density at radius 2 is 2.33 bits per heavy atom. The van der Waals surface area contributed by atoms with Crippen LogP contribution in [0.2, 0.25) is 0 Å². The second-order valence-electron chi connectivity index (χ2n) is 3.13. The fraction of sp³-hybridized carbons (Fsp3) is 0.444. The van der Waals surface area contributed by atoms with Crippen LogP contribution in [0.25, 0.3) is 0 Å². The van der Waals surface area contributed by atoms with Gasteiger partial charge in [0.1, 0.15) is 5.82 Å². The average Bonchev–Trinajstić information content (AvgIpc) is 2.01. The molecule has 0 unspecified atom stereocenters. The maximum atomic E-state index is 4.17. The standard InChI is InChI=1S/C9H13BrN2/c1-7(2)6-12-9-5-8(10)3-4-11-9/h3-5,7H,6H2,1-2H3,(H,11,12). The predicted octanol–water partition coefficient (Wildman–Crippen LogP) is 2.91. The number of rotatable bonds is 3. The fourth-order valence-electron chi connectivity index (χ4n) is 0.810. The smallest absolute Gasteiger partial charge is 0.127 e. The van der Waals surface area contributed by atoms with Crippen molar-refractivity contribution in [3.05, 3.63) is 22.8 Å². The highest BCUT2D eigenvalue weighted by atomic mass is 79.9. The highest BCUT2D eigenvalue weighted by Crippen LogP contribution is 2.12. The van der Waals surface area contributed by atoms with Gasteiger partial charge in [-0.15, -0.1) is 0 Å². The number of nitrogens with zero attached hydrogens (tertiary/aromatic N) is 1. The van der Waals surface area contributed by atoms with E-state index in [9.17, 15) is 0 Å². The van der Waals surface area contributed by atoms with Gasteiger partial charge in [-0.3, -0.25) is 0 Å². The van der Waals surface area contributed by atoms with E-state index in [2.05, 4.69) is 40.1 Å². The van der Waals surface area contributed by atoms with Gasteiger partial charge in [0.2, 0.25) is 0 Å². The lowest BCUT2D eigenvalue weighted by Gasteiger charge is -2.07. The van der Waals surface area contributed by atoms with E-state index in [4.69, 9.17) is 0 Å². The number of nitrogens with one attached hydrogen (secondary N) is 1. The minimum Gasteiger partial charge on any atom is -0.370 e. The molecule has 1 aromatic heterocycles. The largest absolute Gasteiger partial charge is 0.370 e. The Balaban J connectivity index is 2.52. The van der Waals surface area contributed by atoms with E-state index in [1.807, 2.05) is 12.1 Å². The summed E-state index contributed by atoms with van der Waals surface area (Å²) >= 11 is 3.39. The number of aromatic nitrogens is 1. The van der Waals surface area contributed by atoms with E-state index < -0.39 is 0 Å². The van der Waals surface area contributed by atoms with Crippen LogP contribution in [0.3, 0.4) is 0 Å². The molecule has 1 rings (SSSR count). The van der Waals surface area contributed by atoms with Crippen LogP contribution >= 0.6 is 15.9 Å². The Bertz CT molecular complexity index is 248. The maximum absolute atomic E-state index is 4.17. The van der Waals surface area contributed by atoms with Gasteiger partial charge in [0.15, 0.2) is 0 Å². The SMILES string of the molecule is CC(C)CNc1cc(Br)ccn1. The van der Waals surface area contributed by atoms with Crippen molar-refractivity contribution in [2.75, 3.05) is 11.9 Å². The van der Waals surface area contributed by atoms with Gasteiger partial charge in [-0.05, 0) is 18.1 Å².